The van der Waals surface area contributed by atoms with E-state index in [0.717, 1.165) is 28.0 Å². The van der Waals surface area contributed by atoms with Gasteiger partial charge in [0.05, 0.1) is 27.9 Å². The molecular formula is C24H25N5O2S. The summed E-state index contributed by atoms with van der Waals surface area (Å²) in [5, 5.41) is 10.8. The molecule has 7 nitrogen and oxygen atoms in total. The Kier molecular flexibility index (Phi) is 5.10. The van der Waals surface area contributed by atoms with Gasteiger partial charge in [0.2, 0.25) is 10.0 Å². The molecule has 1 N–H and O–H groups in total. The van der Waals surface area contributed by atoms with Crippen LogP contribution in [0, 0.1) is 11.3 Å². The van der Waals surface area contributed by atoms with Crippen molar-refractivity contribution in [2.45, 2.75) is 25.5 Å². The molecule has 3 aromatic rings. The molecule has 0 aliphatic heterocycles. The highest BCUT2D eigenvalue weighted by atomic mass is 32.2. The molecule has 2 aromatic heterocycles. The maximum atomic E-state index is 12.5. The Morgan fingerprint density at radius 1 is 1.16 bits per heavy atom. The Balaban J connectivity index is 1.86. The molecule has 164 valence electrons. The Morgan fingerprint density at radius 2 is 1.81 bits per heavy atom. The zero-order valence-electron chi connectivity index (χ0n) is 18.7. The van der Waals surface area contributed by atoms with E-state index in [-0.39, 0.29) is 0 Å². The Hall–Kier alpha value is -3.57. The predicted molar refractivity (Wildman–Crippen MR) is 130 cm³/mol. The first kappa shape index (κ1) is 21.7. The van der Waals surface area contributed by atoms with Crippen LogP contribution in [0.4, 0.5) is 11.4 Å². The van der Waals surface area contributed by atoms with Crippen LogP contribution in [0.2, 0.25) is 0 Å². The number of fused-ring (bicyclic) bond motifs is 1. The lowest BCUT2D eigenvalue weighted by Crippen LogP contribution is -2.33. The summed E-state index contributed by atoms with van der Waals surface area (Å²) in [6.45, 7) is 4.95. The zero-order valence-corrected chi connectivity index (χ0v) is 19.5. The van der Waals surface area contributed by atoms with Crippen molar-refractivity contribution in [1.82, 2.24) is 9.55 Å². The first-order valence-electron chi connectivity index (χ1n) is 10.2. The second-order valence-corrected chi connectivity index (χ2v) is 11.3. The summed E-state index contributed by atoms with van der Waals surface area (Å²) in [7, 11) is 0.332. The van der Waals surface area contributed by atoms with Gasteiger partial charge in [0.25, 0.3) is 0 Å². The zero-order chi connectivity index (χ0) is 23.3. The van der Waals surface area contributed by atoms with Crippen LogP contribution in [0.1, 0.15) is 26.3 Å². The highest BCUT2D eigenvalue weighted by Crippen LogP contribution is 2.38. The second kappa shape index (κ2) is 7.53. The molecule has 0 spiro atoms. The quantitative estimate of drug-likeness (QED) is 0.618. The smallest absolute Gasteiger partial charge is 0.237 e. The Morgan fingerprint density at radius 3 is 2.31 bits per heavy atom. The van der Waals surface area contributed by atoms with Crippen molar-refractivity contribution in [2.24, 2.45) is 0 Å². The van der Waals surface area contributed by atoms with Crippen molar-refractivity contribution in [3.05, 3.63) is 60.3 Å². The van der Waals surface area contributed by atoms with E-state index in [1.54, 1.807) is 39.1 Å². The summed E-state index contributed by atoms with van der Waals surface area (Å²) in [6.07, 6.45) is 7.67. The molecule has 0 bridgehead atoms. The Labute approximate surface area is 188 Å². The lowest BCUT2D eigenvalue weighted by Gasteiger charge is -2.20. The molecule has 0 saturated carbocycles. The van der Waals surface area contributed by atoms with Gasteiger partial charge in [-0.3, -0.25) is 9.29 Å². The van der Waals surface area contributed by atoms with E-state index in [4.69, 9.17) is 0 Å². The van der Waals surface area contributed by atoms with Crippen LogP contribution in [0.25, 0.3) is 28.0 Å². The van der Waals surface area contributed by atoms with Crippen LogP contribution >= 0.6 is 0 Å². The van der Waals surface area contributed by atoms with E-state index in [9.17, 15) is 13.7 Å². The van der Waals surface area contributed by atoms with E-state index >= 15 is 0 Å². The number of aromatic nitrogens is 2. The molecule has 0 unspecified atom stereocenters. The standard InChI is InChI=1S/C24H25N5O2S/c1-24(2,3)32(30,31)27-17-11-9-16(10-12-17)22-21(14-25)20-13-19(28(4)5)15-26-23(20)29(22)18-7-6-8-18/h6-13,15,27H,1-5H3. The van der Waals surface area contributed by atoms with E-state index in [1.165, 1.54) is 0 Å². The van der Waals surface area contributed by atoms with Crippen molar-refractivity contribution in [3.63, 3.8) is 0 Å². The predicted octanol–water partition coefficient (Wildman–Crippen LogP) is 4.59. The molecule has 0 fully saturated rings. The molecule has 4 rings (SSSR count). The van der Waals surface area contributed by atoms with Crippen molar-refractivity contribution in [1.29, 1.82) is 5.26 Å². The van der Waals surface area contributed by atoms with Crippen LogP contribution in [0.3, 0.4) is 0 Å². The third kappa shape index (κ3) is 3.55. The number of rotatable bonds is 5. The van der Waals surface area contributed by atoms with Crippen LogP contribution in [-0.2, 0) is 10.0 Å². The van der Waals surface area contributed by atoms with Gasteiger partial charge in [-0.2, -0.15) is 5.26 Å². The fourth-order valence-corrected chi connectivity index (χ4v) is 4.12. The number of pyridine rings is 1. The molecule has 8 heteroatoms. The van der Waals surface area contributed by atoms with E-state index in [1.807, 2.05) is 60.0 Å². The van der Waals surface area contributed by atoms with Crippen molar-refractivity contribution >= 4 is 38.1 Å². The van der Waals surface area contributed by atoms with Crippen molar-refractivity contribution in [2.75, 3.05) is 23.7 Å². The second-order valence-electron chi connectivity index (χ2n) is 8.88. The molecule has 0 amide bonds. The summed E-state index contributed by atoms with van der Waals surface area (Å²) >= 11 is 0. The highest BCUT2D eigenvalue weighted by molar-refractivity contribution is 7.94. The van der Waals surface area contributed by atoms with Gasteiger partial charge < -0.3 is 4.90 Å². The molecule has 0 radical (unpaired) electrons. The van der Waals surface area contributed by atoms with Crippen LogP contribution in [0.5, 0.6) is 0 Å². The first-order chi connectivity index (χ1) is 15.0. The van der Waals surface area contributed by atoms with Gasteiger partial charge in [0.15, 0.2) is 0 Å². The minimum atomic E-state index is -3.53. The number of nitrogens with one attached hydrogen (secondary N) is 1. The summed E-state index contributed by atoms with van der Waals surface area (Å²) in [6, 6.07) is 11.4. The molecule has 0 atom stereocenters. The number of hydrogen-bond donors (Lipinski definition) is 1. The van der Waals surface area contributed by atoms with Crippen LogP contribution in [0.15, 0.2) is 54.8 Å². The number of hydrogen-bond acceptors (Lipinski definition) is 5. The van der Waals surface area contributed by atoms with Gasteiger partial charge in [-0.25, -0.2) is 13.4 Å². The van der Waals surface area contributed by atoms with Crippen molar-refractivity contribution < 1.29 is 8.42 Å². The molecule has 1 aliphatic carbocycles. The topological polar surface area (TPSA) is 91.0 Å². The van der Waals surface area contributed by atoms with Crippen LogP contribution < -0.4 is 9.62 Å². The molecule has 1 aromatic carbocycles. The van der Waals surface area contributed by atoms with Crippen molar-refractivity contribution in [3.8, 4) is 17.3 Å². The molecule has 2 heterocycles. The molecule has 0 saturated heterocycles. The minimum Gasteiger partial charge on any atom is -0.376 e. The summed E-state index contributed by atoms with van der Waals surface area (Å²) in [5.74, 6) is 0. The largest absolute Gasteiger partial charge is 0.376 e. The molecule has 32 heavy (non-hydrogen) atoms. The summed E-state index contributed by atoms with van der Waals surface area (Å²) < 4.78 is 28.7. The number of nitriles is 1. The Bertz CT molecular complexity index is 1410. The fourth-order valence-electron chi connectivity index (χ4n) is 3.37. The van der Waals surface area contributed by atoms with E-state index < -0.39 is 14.8 Å². The van der Waals surface area contributed by atoms with Gasteiger partial charge in [0, 0.05) is 36.4 Å². The number of sulfonamides is 1. The van der Waals surface area contributed by atoms with Gasteiger partial charge in [-0.15, -0.1) is 0 Å². The van der Waals surface area contributed by atoms with Gasteiger partial charge in [0.1, 0.15) is 11.7 Å². The summed E-state index contributed by atoms with van der Waals surface area (Å²) in [5.41, 5.74) is 5.07. The van der Waals surface area contributed by atoms with Gasteiger partial charge >= 0.3 is 0 Å². The van der Waals surface area contributed by atoms with Gasteiger partial charge in [-0.1, -0.05) is 18.2 Å². The molecular weight excluding hydrogens is 422 g/mol. The van der Waals surface area contributed by atoms with Crippen LogP contribution in [-0.4, -0.2) is 36.8 Å². The maximum absolute atomic E-state index is 12.5. The lowest BCUT2D eigenvalue weighted by molar-refractivity contribution is 0.566. The number of nitrogens with zero attached hydrogens (tertiary/aromatic N) is 4. The lowest BCUT2D eigenvalue weighted by atomic mass is 10.1. The minimum absolute atomic E-state index is 0.473. The monoisotopic (exact) mass is 447 g/mol. The third-order valence-corrected chi connectivity index (χ3v) is 7.55. The number of anilines is 2. The molecule has 1 aliphatic rings. The average molecular weight is 448 g/mol. The van der Waals surface area contributed by atoms with E-state index in [2.05, 4.69) is 15.8 Å². The highest BCUT2D eigenvalue weighted by Gasteiger charge is 2.29. The first-order valence-corrected chi connectivity index (χ1v) is 11.7. The van der Waals surface area contributed by atoms with Gasteiger partial charge in [-0.05, 0) is 51.1 Å². The third-order valence-electron chi connectivity index (χ3n) is 5.43. The average Bonchev–Trinajstić information content (AvgIpc) is 2.99. The summed E-state index contributed by atoms with van der Waals surface area (Å²) in [4.78, 5) is 6.60. The normalized spacial score (nSPS) is 13.4. The number of allylic oxidation sites excluding steroid dienone is 4. The SMILES string of the molecule is CN(C)c1cnc2c(c1)c(C#N)c(-c1ccc(NS(=O)(=O)C(C)(C)C)cc1)n2C1=CC=C1. The fraction of sp³-hybridized carbons (Fsp3) is 0.250. The maximum Gasteiger partial charge on any atom is 0.237 e. The van der Waals surface area contributed by atoms with E-state index in [0.29, 0.717) is 16.9 Å². The number of benzene rings is 1.